The van der Waals surface area contributed by atoms with E-state index < -0.39 is 0 Å². The highest BCUT2D eigenvalue weighted by atomic mass is 127. The summed E-state index contributed by atoms with van der Waals surface area (Å²) in [6.07, 6.45) is 5.35. The number of aromatic nitrogens is 3. The zero-order valence-electron chi connectivity index (χ0n) is 7.11. The molecule has 0 amide bonds. The SMILES string of the molecule is Ic1cccnc1-c1nccc[nH+]1.[I-]. The molecule has 2 aromatic rings. The van der Waals surface area contributed by atoms with Crippen LogP contribution in [0.3, 0.4) is 0 Å². The molecule has 0 aliphatic carbocycles. The predicted octanol–water partition coefficient (Wildman–Crippen LogP) is -1.43. The van der Waals surface area contributed by atoms with Crippen molar-refractivity contribution in [2.24, 2.45) is 0 Å². The summed E-state index contributed by atoms with van der Waals surface area (Å²) in [6, 6.07) is 5.76. The normalized spacial score (nSPS) is 9.21. The van der Waals surface area contributed by atoms with Gasteiger partial charge >= 0.3 is 5.82 Å². The molecule has 0 radical (unpaired) electrons. The maximum atomic E-state index is 4.25. The standard InChI is InChI=1S/C9H6IN3.HI/c10-7-3-1-4-11-8(7)9-12-5-2-6-13-9;/h1-6H;1H. The van der Waals surface area contributed by atoms with Gasteiger partial charge < -0.3 is 24.0 Å². The molecule has 1 N–H and O–H groups in total. The number of pyridine rings is 1. The molecule has 14 heavy (non-hydrogen) atoms. The summed E-state index contributed by atoms with van der Waals surface area (Å²) in [7, 11) is 0. The number of hydrogen-bond acceptors (Lipinski definition) is 2. The molecule has 0 aliphatic heterocycles. The fraction of sp³-hybridized carbons (Fsp3) is 0. The summed E-state index contributed by atoms with van der Waals surface area (Å²) in [6.45, 7) is 0. The Bertz CT molecular complexity index is 406. The quantitative estimate of drug-likeness (QED) is 0.541. The van der Waals surface area contributed by atoms with Crippen LogP contribution >= 0.6 is 22.6 Å². The predicted molar refractivity (Wildman–Crippen MR) is 56.7 cm³/mol. The van der Waals surface area contributed by atoms with Gasteiger partial charge in [0.25, 0.3) is 0 Å². The molecule has 0 aliphatic rings. The largest absolute Gasteiger partial charge is 1.00 e. The third-order valence-corrected chi connectivity index (χ3v) is 2.46. The van der Waals surface area contributed by atoms with Crippen LogP contribution in [0.4, 0.5) is 0 Å². The number of rotatable bonds is 1. The fourth-order valence-electron chi connectivity index (χ4n) is 1.01. The van der Waals surface area contributed by atoms with Crippen LogP contribution in [-0.2, 0) is 0 Å². The van der Waals surface area contributed by atoms with Crippen molar-refractivity contribution in [3.05, 3.63) is 40.4 Å². The van der Waals surface area contributed by atoms with Gasteiger partial charge in [0.1, 0.15) is 6.20 Å². The smallest absolute Gasteiger partial charge is 0.347 e. The van der Waals surface area contributed by atoms with Gasteiger partial charge in [0.05, 0.1) is 6.20 Å². The number of nitrogens with zero attached hydrogens (tertiary/aromatic N) is 2. The molecule has 0 saturated heterocycles. The van der Waals surface area contributed by atoms with Gasteiger partial charge in [-0.05, 0) is 39.7 Å². The highest BCUT2D eigenvalue weighted by Gasteiger charge is 2.11. The minimum atomic E-state index is 0. The molecular weight excluding hydrogens is 404 g/mol. The van der Waals surface area contributed by atoms with Crippen LogP contribution < -0.4 is 29.0 Å². The molecule has 0 fully saturated rings. The third kappa shape index (κ3) is 2.59. The fourth-order valence-corrected chi connectivity index (χ4v) is 1.62. The van der Waals surface area contributed by atoms with Crippen LogP contribution in [0, 0.1) is 3.57 Å². The van der Waals surface area contributed by atoms with E-state index in [-0.39, 0.29) is 24.0 Å². The van der Waals surface area contributed by atoms with Crippen LogP contribution in [0.15, 0.2) is 36.8 Å². The first-order valence-corrected chi connectivity index (χ1v) is 4.89. The van der Waals surface area contributed by atoms with Gasteiger partial charge in [-0.1, -0.05) is 0 Å². The number of nitrogens with one attached hydrogen (secondary N) is 1. The van der Waals surface area contributed by atoms with Gasteiger partial charge in [-0.2, -0.15) is 0 Å². The van der Waals surface area contributed by atoms with Crippen molar-refractivity contribution in [1.82, 2.24) is 9.97 Å². The number of H-pyrrole nitrogens is 1. The van der Waals surface area contributed by atoms with E-state index in [0.717, 1.165) is 15.1 Å². The second kappa shape index (κ2) is 5.54. The minimum Gasteiger partial charge on any atom is -1.00 e. The maximum Gasteiger partial charge on any atom is 0.347 e. The van der Waals surface area contributed by atoms with Crippen molar-refractivity contribution < 1.29 is 29.0 Å². The molecular formula is C9H7I2N3. The van der Waals surface area contributed by atoms with Crippen molar-refractivity contribution in [2.75, 3.05) is 0 Å². The highest BCUT2D eigenvalue weighted by Crippen LogP contribution is 2.15. The summed E-state index contributed by atoms with van der Waals surface area (Å²) < 4.78 is 1.09. The third-order valence-electron chi connectivity index (χ3n) is 1.59. The van der Waals surface area contributed by atoms with Gasteiger partial charge in [0, 0.05) is 15.8 Å². The molecule has 2 rings (SSSR count). The minimum absolute atomic E-state index is 0. The summed E-state index contributed by atoms with van der Waals surface area (Å²) >= 11 is 2.24. The van der Waals surface area contributed by atoms with E-state index in [9.17, 15) is 0 Å². The lowest BCUT2D eigenvalue weighted by Crippen LogP contribution is -3.00. The zero-order valence-corrected chi connectivity index (χ0v) is 11.4. The Morgan fingerprint density at radius 1 is 1.14 bits per heavy atom. The lowest BCUT2D eigenvalue weighted by molar-refractivity contribution is -0.369. The molecule has 0 unspecified atom stereocenters. The van der Waals surface area contributed by atoms with Crippen LogP contribution in [0.25, 0.3) is 11.5 Å². The second-order valence-corrected chi connectivity index (χ2v) is 3.63. The van der Waals surface area contributed by atoms with Crippen LogP contribution in [-0.4, -0.2) is 9.97 Å². The summed E-state index contributed by atoms with van der Waals surface area (Å²) in [5.74, 6) is 0.799. The van der Waals surface area contributed by atoms with Gasteiger partial charge in [-0.15, -0.1) is 0 Å². The maximum absolute atomic E-state index is 4.25. The summed E-state index contributed by atoms with van der Waals surface area (Å²) in [4.78, 5) is 11.5. The lowest BCUT2D eigenvalue weighted by atomic mass is 10.3. The number of halogens is 2. The van der Waals surface area contributed by atoms with Crippen molar-refractivity contribution in [3.63, 3.8) is 0 Å². The van der Waals surface area contributed by atoms with Gasteiger partial charge in [0.2, 0.25) is 0 Å². The highest BCUT2D eigenvalue weighted by molar-refractivity contribution is 14.1. The molecule has 0 saturated carbocycles. The van der Waals surface area contributed by atoms with E-state index in [4.69, 9.17) is 0 Å². The Kier molecular flexibility index (Phi) is 4.66. The van der Waals surface area contributed by atoms with E-state index in [1.165, 1.54) is 0 Å². The average molecular weight is 411 g/mol. The van der Waals surface area contributed by atoms with Crippen molar-refractivity contribution in [3.8, 4) is 11.5 Å². The van der Waals surface area contributed by atoms with E-state index in [0.29, 0.717) is 0 Å². The van der Waals surface area contributed by atoms with Crippen molar-refractivity contribution in [1.29, 1.82) is 0 Å². The first kappa shape index (κ1) is 11.8. The number of hydrogen-bond donors (Lipinski definition) is 0. The topological polar surface area (TPSA) is 39.9 Å². The second-order valence-electron chi connectivity index (χ2n) is 2.46. The monoisotopic (exact) mass is 411 g/mol. The molecule has 3 nitrogen and oxygen atoms in total. The first-order chi connectivity index (χ1) is 6.38. The molecule has 0 bridgehead atoms. The Hall–Kier alpha value is -0.310. The molecule has 2 heterocycles. The Morgan fingerprint density at radius 3 is 2.57 bits per heavy atom. The van der Waals surface area contributed by atoms with Gasteiger partial charge in [-0.3, -0.25) is 0 Å². The lowest BCUT2D eigenvalue weighted by Gasteiger charge is -1.94. The molecule has 2 aromatic heterocycles. The van der Waals surface area contributed by atoms with E-state index >= 15 is 0 Å². The Morgan fingerprint density at radius 2 is 1.93 bits per heavy atom. The van der Waals surface area contributed by atoms with E-state index in [2.05, 4.69) is 37.5 Å². The average Bonchev–Trinajstić information content (AvgIpc) is 2.20. The summed E-state index contributed by atoms with van der Waals surface area (Å²) in [5.41, 5.74) is 0.892. The van der Waals surface area contributed by atoms with Crippen LogP contribution in [0.2, 0.25) is 0 Å². The molecule has 5 heteroatoms. The van der Waals surface area contributed by atoms with Gasteiger partial charge in [0.15, 0.2) is 5.69 Å². The summed E-state index contributed by atoms with van der Waals surface area (Å²) in [5, 5.41) is 0. The van der Waals surface area contributed by atoms with E-state index in [1.54, 1.807) is 12.4 Å². The van der Waals surface area contributed by atoms with E-state index in [1.807, 2.05) is 24.4 Å². The van der Waals surface area contributed by atoms with Crippen LogP contribution in [0.5, 0.6) is 0 Å². The first-order valence-electron chi connectivity index (χ1n) is 3.81. The molecule has 0 spiro atoms. The Labute approximate surface area is 113 Å². The van der Waals surface area contributed by atoms with Crippen molar-refractivity contribution >= 4 is 22.6 Å². The molecule has 0 aromatic carbocycles. The zero-order chi connectivity index (χ0) is 9.10. The van der Waals surface area contributed by atoms with Gasteiger partial charge in [-0.25, -0.2) is 9.97 Å². The van der Waals surface area contributed by atoms with Crippen molar-refractivity contribution in [2.45, 2.75) is 0 Å². The number of aromatic amines is 1. The van der Waals surface area contributed by atoms with Crippen LogP contribution in [0.1, 0.15) is 0 Å². The Balaban J connectivity index is 0.000000980. The molecule has 0 atom stereocenters. The molecule has 72 valence electrons.